The van der Waals surface area contributed by atoms with Crippen LogP contribution in [-0.2, 0) is 24.3 Å². The maximum atomic E-state index is 13.3. The lowest BCUT2D eigenvalue weighted by Crippen LogP contribution is -2.51. The lowest BCUT2D eigenvalue weighted by atomic mass is 9.86. The van der Waals surface area contributed by atoms with Crippen molar-refractivity contribution in [2.45, 2.75) is 51.9 Å². The Morgan fingerprint density at radius 3 is 2.03 bits per heavy atom. The molecule has 2 fully saturated rings. The third kappa shape index (κ3) is 4.33. The van der Waals surface area contributed by atoms with E-state index in [0.29, 0.717) is 18.0 Å². The average Bonchev–Trinajstić information content (AvgIpc) is 2.63. The van der Waals surface area contributed by atoms with Crippen molar-refractivity contribution in [2.24, 2.45) is 5.92 Å². The summed E-state index contributed by atoms with van der Waals surface area (Å²) in [7, 11) is -3.64. The van der Waals surface area contributed by atoms with Crippen LogP contribution in [0.15, 0.2) is 11.0 Å². The topological polar surface area (TPSA) is 84.0 Å². The van der Waals surface area contributed by atoms with E-state index >= 15 is 0 Å². The molecule has 1 amide bonds. The maximum absolute atomic E-state index is 13.3. The second-order valence-electron chi connectivity index (χ2n) is 8.11. The van der Waals surface area contributed by atoms with Crippen LogP contribution in [0.1, 0.15) is 41.5 Å². The number of carbonyl (C=O) groups is 2. The third-order valence-corrected chi connectivity index (χ3v) is 8.44. The largest absolute Gasteiger partial charge is 0.455 e. The van der Waals surface area contributed by atoms with Gasteiger partial charge in [-0.05, 0) is 62.8 Å². The molecule has 1 heterocycles. The number of rotatable bonds is 5. The molecule has 8 heteroatoms. The minimum atomic E-state index is -3.64. The summed E-state index contributed by atoms with van der Waals surface area (Å²) in [6.07, 6.45) is 2.70. The van der Waals surface area contributed by atoms with Crippen molar-refractivity contribution in [2.75, 3.05) is 32.8 Å². The van der Waals surface area contributed by atoms with Crippen LogP contribution >= 0.6 is 0 Å². The molecule has 1 saturated heterocycles. The molecule has 29 heavy (non-hydrogen) atoms. The van der Waals surface area contributed by atoms with Gasteiger partial charge < -0.3 is 9.64 Å². The molecular formula is C21H30N2O5S. The molecule has 7 nitrogen and oxygen atoms in total. The molecule has 160 valence electrons. The fourth-order valence-corrected chi connectivity index (χ4v) is 5.86. The summed E-state index contributed by atoms with van der Waals surface area (Å²) < 4.78 is 33.2. The number of aryl methyl sites for hydroxylation is 2. The second-order valence-corrected chi connectivity index (χ2v) is 9.98. The van der Waals surface area contributed by atoms with E-state index in [-0.39, 0.29) is 37.5 Å². The molecule has 0 aromatic heterocycles. The van der Waals surface area contributed by atoms with Crippen molar-refractivity contribution in [1.82, 2.24) is 9.21 Å². The van der Waals surface area contributed by atoms with Gasteiger partial charge in [0.05, 0.1) is 10.8 Å². The molecular weight excluding hydrogens is 392 g/mol. The molecule has 0 bridgehead atoms. The van der Waals surface area contributed by atoms with E-state index in [0.717, 1.165) is 41.5 Å². The minimum Gasteiger partial charge on any atom is -0.455 e. The number of hydrogen-bond donors (Lipinski definition) is 0. The van der Waals surface area contributed by atoms with Crippen LogP contribution in [0.5, 0.6) is 0 Å². The highest BCUT2D eigenvalue weighted by Gasteiger charge is 2.33. The number of ether oxygens (including phenoxy) is 1. The van der Waals surface area contributed by atoms with Crippen molar-refractivity contribution in [3.8, 4) is 0 Å². The van der Waals surface area contributed by atoms with E-state index in [9.17, 15) is 18.0 Å². The van der Waals surface area contributed by atoms with E-state index < -0.39 is 10.0 Å². The summed E-state index contributed by atoms with van der Waals surface area (Å²) in [4.78, 5) is 26.1. The van der Waals surface area contributed by atoms with Crippen molar-refractivity contribution in [1.29, 1.82) is 0 Å². The fourth-order valence-electron chi connectivity index (χ4n) is 3.86. The lowest BCUT2D eigenvalue weighted by Gasteiger charge is -2.34. The molecule has 1 aromatic rings. The summed E-state index contributed by atoms with van der Waals surface area (Å²) in [5.41, 5.74) is 3.45. The number of piperazine rings is 1. The van der Waals surface area contributed by atoms with Gasteiger partial charge in [0.2, 0.25) is 10.0 Å². The highest BCUT2D eigenvalue weighted by atomic mass is 32.2. The maximum Gasteiger partial charge on any atom is 0.309 e. The Balaban J connectivity index is 1.63. The lowest BCUT2D eigenvalue weighted by molar-refractivity contribution is -0.158. The monoisotopic (exact) mass is 422 g/mol. The van der Waals surface area contributed by atoms with Crippen LogP contribution in [0.2, 0.25) is 0 Å². The van der Waals surface area contributed by atoms with Crippen molar-refractivity contribution >= 4 is 21.9 Å². The smallest absolute Gasteiger partial charge is 0.309 e. The van der Waals surface area contributed by atoms with E-state index in [1.54, 1.807) is 4.90 Å². The van der Waals surface area contributed by atoms with Gasteiger partial charge in [-0.15, -0.1) is 0 Å². The van der Waals surface area contributed by atoms with Crippen LogP contribution in [0.4, 0.5) is 0 Å². The van der Waals surface area contributed by atoms with Gasteiger partial charge in [-0.1, -0.05) is 12.5 Å². The highest BCUT2D eigenvalue weighted by Crippen LogP contribution is 2.29. The third-order valence-electron chi connectivity index (χ3n) is 6.26. The number of nitrogens with zero attached hydrogens (tertiary/aromatic N) is 2. The predicted molar refractivity (Wildman–Crippen MR) is 109 cm³/mol. The van der Waals surface area contributed by atoms with Crippen molar-refractivity contribution < 1.29 is 22.7 Å². The van der Waals surface area contributed by atoms with Crippen LogP contribution in [0.25, 0.3) is 0 Å². The summed E-state index contributed by atoms with van der Waals surface area (Å²) in [6, 6.07) is 2.01. The quantitative estimate of drug-likeness (QED) is 0.679. The number of carbonyl (C=O) groups excluding carboxylic acids is 2. The first-order valence-corrected chi connectivity index (χ1v) is 11.6. The molecule has 0 radical (unpaired) electrons. The molecule has 0 N–H and O–H groups in total. The Bertz CT molecular complexity index is 887. The van der Waals surface area contributed by atoms with Gasteiger partial charge in [0.1, 0.15) is 0 Å². The summed E-state index contributed by atoms with van der Waals surface area (Å²) in [6.45, 7) is 8.30. The molecule has 0 unspecified atom stereocenters. The molecule has 1 aromatic carbocycles. The molecule has 0 spiro atoms. The molecule has 1 aliphatic heterocycles. The van der Waals surface area contributed by atoms with Crippen molar-refractivity contribution in [3.63, 3.8) is 0 Å². The first-order chi connectivity index (χ1) is 13.6. The van der Waals surface area contributed by atoms with Gasteiger partial charge in [0.15, 0.2) is 6.61 Å². The normalized spacial score (nSPS) is 18.4. The second kappa shape index (κ2) is 8.44. The average molecular weight is 423 g/mol. The standard InChI is InChI=1S/C21H30N2O5S/c1-14-12-15(2)17(4)20(16(14)3)29(26,27)23-10-8-22(9-11-23)19(24)13-28-21(25)18-6-5-7-18/h12,18H,5-11,13H2,1-4H3. The van der Waals surface area contributed by atoms with E-state index in [4.69, 9.17) is 4.74 Å². The van der Waals surface area contributed by atoms with Crippen LogP contribution in [-0.4, -0.2) is 62.3 Å². The van der Waals surface area contributed by atoms with Gasteiger partial charge >= 0.3 is 5.97 Å². The van der Waals surface area contributed by atoms with Crippen LogP contribution in [0.3, 0.4) is 0 Å². The SMILES string of the molecule is Cc1cc(C)c(C)c(S(=O)(=O)N2CCN(C(=O)COC(=O)C3CCC3)CC2)c1C. The fraction of sp³-hybridized carbons (Fsp3) is 0.619. The van der Waals surface area contributed by atoms with Gasteiger partial charge in [-0.25, -0.2) is 8.42 Å². The van der Waals surface area contributed by atoms with E-state index in [2.05, 4.69) is 0 Å². The van der Waals surface area contributed by atoms with Gasteiger partial charge in [-0.2, -0.15) is 4.31 Å². The van der Waals surface area contributed by atoms with E-state index in [1.807, 2.05) is 33.8 Å². The summed E-state index contributed by atoms with van der Waals surface area (Å²) in [5, 5.41) is 0. The molecule has 2 aliphatic rings. The number of sulfonamides is 1. The first kappa shape index (κ1) is 21.8. The van der Waals surface area contributed by atoms with Crippen LogP contribution < -0.4 is 0 Å². The Hall–Kier alpha value is -1.93. The van der Waals surface area contributed by atoms with Crippen LogP contribution in [0, 0.1) is 33.6 Å². The van der Waals surface area contributed by atoms with Crippen molar-refractivity contribution in [3.05, 3.63) is 28.3 Å². The van der Waals surface area contributed by atoms with E-state index in [1.165, 1.54) is 4.31 Å². The zero-order valence-corrected chi connectivity index (χ0v) is 18.5. The number of benzene rings is 1. The Morgan fingerprint density at radius 2 is 1.55 bits per heavy atom. The number of esters is 1. The zero-order chi connectivity index (χ0) is 21.3. The molecule has 1 saturated carbocycles. The summed E-state index contributed by atoms with van der Waals surface area (Å²) >= 11 is 0. The zero-order valence-electron chi connectivity index (χ0n) is 17.7. The van der Waals surface area contributed by atoms with Gasteiger partial charge in [-0.3, -0.25) is 9.59 Å². The molecule has 3 rings (SSSR count). The minimum absolute atomic E-state index is 0.0611. The highest BCUT2D eigenvalue weighted by molar-refractivity contribution is 7.89. The molecule has 0 atom stereocenters. The van der Waals surface area contributed by atoms with Gasteiger partial charge in [0.25, 0.3) is 5.91 Å². The number of amides is 1. The number of hydrogen-bond acceptors (Lipinski definition) is 5. The Morgan fingerprint density at radius 1 is 1.00 bits per heavy atom. The Kier molecular flexibility index (Phi) is 6.33. The summed E-state index contributed by atoms with van der Waals surface area (Å²) in [5.74, 6) is -0.630. The molecule has 1 aliphatic carbocycles. The van der Waals surface area contributed by atoms with Gasteiger partial charge in [0, 0.05) is 26.2 Å². The first-order valence-electron chi connectivity index (χ1n) is 10.1. The Labute approximate surface area is 173 Å². The predicted octanol–water partition coefficient (Wildman–Crippen LogP) is 2.10.